The highest BCUT2D eigenvalue weighted by molar-refractivity contribution is 5.81. The molecule has 4 rings (SSSR count). The Morgan fingerprint density at radius 1 is 1.39 bits per heavy atom. The number of hydrogen-bond donors (Lipinski definition) is 2. The lowest BCUT2D eigenvalue weighted by molar-refractivity contribution is -0.134. The number of carbonyl (C=O) groups excluding carboxylic acids is 3. The number of aromatic nitrogens is 2. The van der Waals surface area contributed by atoms with E-state index < -0.39 is 0 Å². The van der Waals surface area contributed by atoms with Gasteiger partial charge in [0.05, 0.1) is 23.9 Å². The number of carbonyl (C=O) groups is 3. The minimum Gasteiger partial charge on any atom is -0.379 e. The highest BCUT2D eigenvalue weighted by atomic mass is 16.5. The summed E-state index contributed by atoms with van der Waals surface area (Å²) in [6.45, 7) is 2.35. The Balaban J connectivity index is 0.000000221. The smallest absolute Gasteiger partial charge is 0.248 e. The predicted molar refractivity (Wildman–Crippen MR) is 141 cm³/mol. The Labute approximate surface area is 221 Å². The Bertz CT molecular complexity index is 1180. The van der Waals surface area contributed by atoms with Crippen LogP contribution in [0.5, 0.6) is 0 Å². The molecule has 0 saturated carbocycles. The molecule has 2 aromatic rings. The van der Waals surface area contributed by atoms with Gasteiger partial charge in [-0.05, 0) is 30.9 Å². The van der Waals surface area contributed by atoms with Gasteiger partial charge in [0.25, 0.3) is 0 Å². The molecule has 4 heterocycles. The molecule has 2 aliphatic rings. The molecule has 0 bridgehead atoms. The zero-order chi connectivity index (χ0) is 27.5. The van der Waals surface area contributed by atoms with Crippen molar-refractivity contribution < 1.29 is 23.9 Å². The fraction of sp³-hybridized carbons (Fsp3) is 0.462. The van der Waals surface area contributed by atoms with Gasteiger partial charge in [0.1, 0.15) is 30.0 Å². The largest absolute Gasteiger partial charge is 0.379 e. The molecule has 202 valence electrons. The number of amides is 2. The van der Waals surface area contributed by atoms with Crippen LogP contribution in [0.3, 0.4) is 0 Å². The van der Waals surface area contributed by atoms with Gasteiger partial charge in [0, 0.05) is 58.7 Å². The van der Waals surface area contributed by atoms with Crippen molar-refractivity contribution in [2.24, 2.45) is 0 Å². The zero-order valence-corrected chi connectivity index (χ0v) is 21.9. The molecule has 2 N–H and O–H groups in total. The van der Waals surface area contributed by atoms with Crippen molar-refractivity contribution >= 4 is 35.9 Å². The average molecular weight is 524 g/mol. The molecule has 2 aliphatic heterocycles. The standard InChI is InChI=1S/C15H19N3O4.C11H14N4O/c1-17(14(21)9-22-2)7-12-6-11-4-3-5-18(10-20)15(11)16-13(12)8-19;1-13-11-4-10(8(5-12)6-14-11)15-9-2-3-16-7-9/h6,8,10H,3-5,7,9H2,1-2H3;4,6,9H,2-3,7H2,1H3,(H2,13,14,15). The number of methoxy groups -OCH3 is 1. The van der Waals surface area contributed by atoms with Crippen LogP contribution in [0.25, 0.3) is 0 Å². The van der Waals surface area contributed by atoms with E-state index in [9.17, 15) is 14.4 Å². The van der Waals surface area contributed by atoms with E-state index in [1.54, 1.807) is 20.3 Å². The number of anilines is 3. The molecular formula is C26H33N7O5. The molecule has 0 aliphatic carbocycles. The number of aryl methyl sites for hydroxylation is 1. The molecule has 0 radical (unpaired) electrons. The number of nitrogens with zero attached hydrogens (tertiary/aromatic N) is 5. The summed E-state index contributed by atoms with van der Waals surface area (Å²) in [6.07, 6.45) is 5.58. The number of nitrogens with one attached hydrogen (secondary N) is 2. The maximum absolute atomic E-state index is 11.8. The monoisotopic (exact) mass is 523 g/mol. The topological polar surface area (TPSA) is 150 Å². The van der Waals surface area contributed by atoms with E-state index in [0.29, 0.717) is 42.4 Å². The third-order valence-corrected chi connectivity index (χ3v) is 6.22. The van der Waals surface area contributed by atoms with Crippen molar-refractivity contribution in [3.8, 4) is 6.07 Å². The number of ether oxygens (including phenoxy) is 2. The summed E-state index contributed by atoms with van der Waals surface area (Å²) in [5, 5.41) is 15.2. The van der Waals surface area contributed by atoms with E-state index in [1.165, 1.54) is 16.9 Å². The number of pyridine rings is 2. The van der Waals surface area contributed by atoms with Crippen molar-refractivity contribution in [1.82, 2.24) is 14.9 Å². The molecule has 2 amide bonds. The number of rotatable bonds is 9. The summed E-state index contributed by atoms with van der Waals surface area (Å²) < 4.78 is 10.1. The zero-order valence-electron chi connectivity index (χ0n) is 21.9. The van der Waals surface area contributed by atoms with Crippen LogP contribution < -0.4 is 15.5 Å². The van der Waals surface area contributed by atoms with Crippen molar-refractivity contribution in [1.29, 1.82) is 5.26 Å². The lowest BCUT2D eigenvalue weighted by Gasteiger charge is -2.26. The van der Waals surface area contributed by atoms with E-state index in [-0.39, 0.29) is 24.8 Å². The minimum atomic E-state index is -0.174. The summed E-state index contributed by atoms with van der Waals surface area (Å²) in [6, 6.07) is 6.12. The van der Waals surface area contributed by atoms with Crippen LogP contribution in [0.15, 0.2) is 18.3 Å². The third-order valence-electron chi connectivity index (χ3n) is 6.22. The molecule has 0 aromatic carbocycles. The fourth-order valence-electron chi connectivity index (χ4n) is 4.16. The van der Waals surface area contributed by atoms with Crippen LogP contribution in [0.2, 0.25) is 0 Å². The Morgan fingerprint density at radius 3 is 2.84 bits per heavy atom. The van der Waals surface area contributed by atoms with Gasteiger partial charge in [-0.25, -0.2) is 9.97 Å². The highest BCUT2D eigenvalue weighted by Gasteiger charge is 2.22. The second kappa shape index (κ2) is 14.0. The van der Waals surface area contributed by atoms with Gasteiger partial charge in [-0.2, -0.15) is 5.26 Å². The van der Waals surface area contributed by atoms with Crippen molar-refractivity contribution in [2.75, 3.05) is 63.1 Å². The van der Waals surface area contributed by atoms with Crippen molar-refractivity contribution in [3.05, 3.63) is 40.7 Å². The van der Waals surface area contributed by atoms with Crippen molar-refractivity contribution in [3.63, 3.8) is 0 Å². The SMILES string of the molecule is CNc1cc(NC2CCOC2)c(C#N)cn1.COCC(=O)N(C)Cc1cc2c(nc1C=O)N(C=O)CCC2. The second-order valence-corrected chi connectivity index (χ2v) is 8.90. The summed E-state index contributed by atoms with van der Waals surface area (Å²) >= 11 is 0. The summed E-state index contributed by atoms with van der Waals surface area (Å²) in [5.41, 5.74) is 3.23. The van der Waals surface area contributed by atoms with Crippen LogP contribution in [-0.2, 0) is 32.0 Å². The van der Waals surface area contributed by atoms with Crippen LogP contribution in [0.4, 0.5) is 17.3 Å². The van der Waals surface area contributed by atoms with Gasteiger partial charge in [-0.1, -0.05) is 0 Å². The number of hydrogen-bond acceptors (Lipinski definition) is 10. The van der Waals surface area contributed by atoms with Crippen molar-refractivity contribution in [2.45, 2.75) is 31.8 Å². The summed E-state index contributed by atoms with van der Waals surface area (Å²) in [5.74, 6) is 1.12. The number of nitriles is 1. The summed E-state index contributed by atoms with van der Waals surface area (Å²) in [7, 11) is 4.90. The first kappa shape index (κ1) is 28.5. The quantitative estimate of drug-likeness (QED) is 0.464. The lowest BCUT2D eigenvalue weighted by Crippen LogP contribution is -2.32. The van der Waals surface area contributed by atoms with Gasteiger partial charge in [0.15, 0.2) is 6.29 Å². The van der Waals surface area contributed by atoms with Gasteiger partial charge in [-0.3, -0.25) is 19.3 Å². The van der Waals surface area contributed by atoms with Gasteiger partial charge < -0.3 is 25.0 Å². The predicted octanol–water partition coefficient (Wildman–Crippen LogP) is 1.60. The second-order valence-electron chi connectivity index (χ2n) is 8.90. The molecule has 38 heavy (non-hydrogen) atoms. The normalized spacial score (nSPS) is 15.8. The van der Waals surface area contributed by atoms with Crippen LogP contribution in [0.1, 0.15) is 40.0 Å². The van der Waals surface area contributed by atoms with E-state index in [4.69, 9.17) is 14.7 Å². The van der Waals surface area contributed by atoms with E-state index >= 15 is 0 Å². The Kier molecular flexibility index (Phi) is 10.5. The van der Waals surface area contributed by atoms with Crippen LogP contribution in [0, 0.1) is 11.3 Å². The molecule has 1 unspecified atom stereocenters. The molecule has 12 heteroatoms. The van der Waals surface area contributed by atoms with E-state index in [0.717, 1.165) is 49.3 Å². The fourth-order valence-corrected chi connectivity index (χ4v) is 4.16. The van der Waals surface area contributed by atoms with Crippen LogP contribution >= 0.6 is 0 Å². The van der Waals surface area contributed by atoms with E-state index in [2.05, 4.69) is 26.7 Å². The molecule has 2 aromatic heterocycles. The molecule has 1 saturated heterocycles. The first-order valence-electron chi connectivity index (χ1n) is 12.3. The number of likely N-dealkylation sites (N-methyl/N-ethyl adjacent to an activating group) is 1. The number of aldehydes is 1. The molecule has 0 spiro atoms. The average Bonchev–Trinajstić information content (AvgIpc) is 3.45. The van der Waals surface area contributed by atoms with Gasteiger partial charge in [-0.15, -0.1) is 0 Å². The van der Waals surface area contributed by atoms with E-state index in [1.807, 2.05) is 12.1 Å². The summed E-state index contributed by atoms with van der Waals surface area (Å²) in [4.78, 5) is 45.5. The Hall–Kier alpha value is -4.08. The lowest BCUT2D eigenvalue weighted by atomic mass is 10.0. The maximum atomic E-state index is 11.8. The molecule has 1 atom stereocenters. The third kappa shape index (κ3) is 7.24. The first-order valence-corrected chi connectivity index (χ1v) is 12.3. The molecule has 1 fully saturated rings. The van der Waals surface area contributed by atoms with Gasteiger partial charge >= 0.3 is 0 Å². The Morgan fingerprint density at radius 2 is 2.21 bits per heavy atom. The minimum absolute atomic E-state index is 0.00971. The maximum Gasteiger partial charge on any atom is 0.248 e. The van der Waals surface area contributed by atoms with Crippen LogP contribution in [-0.4, -0.2) is 87.1 Å². The molecule has 12 nitrogen and oxygen atoms in total. The molecular weight excluding hydrogens is 490 g/mol. The van der Waals surface area contributed by atoms with Gasteiger partial charge in [0.2, 0.25) is 12.3 Å². The highest BCUT2D eigenvalue weighted by Crippen LogP contribution is 2.26. The number of fused-ring (bicyclic) bond motifs is 1. The first-order chi connectivity index (χ1) is 18.4.